The second kappa shape index (κ2) is 11.1. The zero-order chi connectivity index (χ0) is 28.9. The van der Waals surface area contributed by atoms with Crippen LogP contribution in [-0.4, -0.2) is 93.0 Å². The molecule has 21 heteroatoms. The number of nitrogen functional groups attached to an aromatic ring is 1. The summed E-state index contributed by atoms with van der Waals surface area (Å²) in [6, 6.07) is 0. The Balaban J connectivity index is 1.18. The fraction of sp³-hybridized carbons (Fsp3) is 0.526. The SMILES string of the molecule is Nc1nc2c(ncn2[C@@H]2O[C@H](COP(O)(=S)OC[C@@H]3C[C@H](O)[C@H](n4cc(F)c(=O)[nH]c4=O)O3)[C@H](O)[C@@H]2O)c(=S)[nH]1. The van der Waals surface area contributed by atoms with Crippen molar-refractivity contribution in [1.29, 1.82) is 0 Å². The number of aromatic amines is 2. The van der Waals surface area contributed by atoms with Crippen LogP contribution in [0.4, 0.5) is 10.3 Å². The van der Waals surface area contributed by atoms with Crippen LogP contribution in [0.25, 0.3) is 11.2 Å². The van der Waals surface area contributed by atoms with Gasteiger partial charge in [-0.15, -0.1) is 0 Å². The number of nitrogens with two attached hydrogens (primary N) is 1. The molecular weight excluding hydrogens is 600 g/mol. The van der Waals surface area contributed by atoms with Crippen LogP contribution in [0.15, 0.2) is 22.1 Å². The van der Waals surface area contributed by atoms with Crippen molar-refractivity contribution in [2.24, 2.45) is 0 Å². The second-order valence-electron chi connectivity index (χ2n) is 8.98. The van der Waals surface area contributed by atoms with Crippen molar-refractivity contribution < 1.29 is 43.1 Å². The Kier molecular flexibility index (Phi) is 8.03. The van der Waals surface area contributed by atoms with Gasteiger partial charge >= 0.3 is 12.4 Å². The molecule has 0 aromatic carbocycles. The van der Waals surface area contributed by atoms with E-state index in [0.717, 1.165) is 0 Å². The van der Waals surface area contributed by atoms with Crippen LogP contribution in [0.3, 0.4) is 0 Å². The zero-order valence-electron chi connectivity index (χ0n) is 20.1. The maximum absolute atomic E-state index is 13.6. The molecule has 2 saturated heterocycles. The summed E-state index contributed by atoms with van der Waals surface area (Å²) in [5.41, 5.74) is 4.01. The van der Waals surface area contributed by atoms with Crippen molar-refractivity contribution in [3.05, 3.63) is 43.8 Å². The number of aromatic nitrogens is 6. The summed E-state index contributed by atoms with van der Waals surface area (Å²) in [5.74, 6) is -1.24. The molecule has 17 nitrogen and oxygen atoms in total. The van der Waals surface area contributed by atoms with Gasteiger partial charge in [0, 0.05) is 6.42 Å². The van der Waals surface area contributed by atoms with Crippen LogP contribution in [0.5, 0.6) is 0 Å². The molecule has 3 aromatic rings. The second-order valence-corrected chi connectivity index (χ2v) is 12.2. The van der Waals surface area contributed by atoms with E-state index < -0.39 is 73.4 Å². The molecule has 2 aliphatic rings. The Labute approximate surface area is 232 Å². The van der Waals surface area contributed by atoms with Crippen LogP contribution < -0.4 is 17.0 Å². The minimum atomic E-state index is -3.95. The molecule has 0 amide bonds. The zero-order valence-corrected chi connectivity index (χ0v) is 22.6. The van der Waals surface area contributed by atoms with Crippen molar-refractivity contribution in [3.8, 4) is 0 Å². The van der Waals surface area contributed by atoms with Crippen molar-refractivity contribution >= 4 is 47.9 Å². The highest BCUT2D eigenvalue weighted by Crippen LogP contribution is 2.46. The highest BCUT2D eigenvalue weighted by atomic mass is 32.5. The molecule has 5 heterocycles. The number of ether oxygens (including phenoxy) is 2. The fourth-order valence-corrected chi connectivity index (χ4v) is 5.72. The largest absolute Gasteiger partial charge is 0.388 e. The van der Waals surface area contributed by atoms with E-state index in [1.165, 1.54) is 10.9 Å². The lowest BCUT2D eigenvalue weighted by Gasteiger charge is -2.21. The van der Waals surface area contributed by atoms with Crippen LogP contribution in [0.2, 0.25) is 0 Å². The summed E-state index contributed by atoms with van der Waals surface area (Å²) in [6.07, 6.45) is -6.86. The maximum atomic E-state index is 13.6. The molecule has 0 saturated carbocycles. The number of aliphatic hydroxyl groups excluding tert-OH is 3. The summed E-state index contributed by atoms with van der Waals surface area (Å²) >= 11 is 10.2. The third-order valence-electron chi connectivity index (χ3n) is 6.25. The van der Waals surface area contributed by atoms with Gasteiger partial charge in [0.05, 0.1) is 31.8 Å². The van der Waals surface area contributed by atoms with Gasteiger partial charge in [0.15, 0.2) is 18.1 Å². The van der Waals surface area contributed by atoms with Crippen LogP contribution in [0, 0.1) is 10.5 Å². The summed E-state index contributed by atoms with van der Waals surface area (Å²) in [6.45, 7) is -4.81. The van der Waals surface area contributed by atoms with E-state index in [-0.39, 0.29) is 29.3 Å². The molecule has 40 heavy (non-hydrogen) atoms. The lowest BCUT2D eigenvalue weighted by atomic mass is 10.1. The smallest absolute Gasteiger partial charge is 0.330 e. The Morgan fingerprint density at radius 2 is 1.88 bits per heavy atom. The number of rotatable bonds is 8. The van der Waals surface area contributed by atoms with Gasteiger partial charge in [-0.2, -0.15) is 9.37 Å². The van der Waals surface area contributed by atoms with Crippen molar-refractivity contribution in [1.82, 2.24) is 29.1 Å². The third kappa shape index (κ3) is 5.65. The number of fused-ring (bicyclic) bond motifs is 1. The number of aliphatic hydroxyl groups is 3. The molecule has 0 bridgehead atoms. The standard InChI is InChI=1S/C19H23FN7O10PS2/c20-7-2-26(19(32)24-14(7)31)16-8(28)1-6(36-16)3-34-38(33,40)35-4-9-11(29)12(30)17(37-9)27-5-22-10-13(27)23-18(21)25-15(10)39/h2,5-6,8-9,11-12,16-17,28-30H,1,3-4H2,(H,33,40)(H,24,31,32)(H3,21,23,25,39)/t6-,8-,9+,11-,12-,16+,17+,38?/m0/s1. The normalized spacial score (nSPS) is 30.2. The number of hydrogen-bond acceptors (Lipinski definition) is 14. The van der Waals surface area contributed by atoms with E-state index in [1.54, 1.807) is 4.98 Å². The number of H-pyrrole nitrogens is 2. The first-order valence-electron chi connectivity index (χ1n) is 11.5. The minimum Gasteiger partial charge on any atom is -0.388 e. The molecular formula is C19H23FN7O10PS2. The van der Waals surface area contributed by atoms with Gasteiger partial charge in [-0.05, 0) is 11.8 Å². The molecule has 8 atom stereocenters. The average Bonchev–Trinajstić information content (AvgIpc) is 3.55. The molecule has 0 spiro atoms. The Bertz CT molecular complexity index is 1650. The number of anilines is 1. The van der Waals surface area contributed by atoms with E-state index in [9.17, 15) is 34.2 Å². The van der Waals surface area contributed by atoms with Crippen LogP contribution in [0.1, 0.15) is 18.9 Å². The topological polar surface area (TPSA) is 245 Å². The minimum absolute atomic E-state index is 0.00768. The predicted octanol–water partition coefficient (Wildman–Crippen LogP) is -1.72. The number of halogens is 1. The first-order valence-corrected chi connectivity index (χ1v) is 14.5. The van der Waals surface area contributed by atoms with E-state index in [1.807, 2.05) is 0 Å². The van der Waals surface area contributed by atoms with E-state index >= 15 is 0 Å². The van der Waals surface area contributed by atoms with Gasteiger partial charge in [0.2, 0.25) is 11.8 Å². The van der Waals surface area contributed by atoms with Crippen molar-refractivity contribution in [2.75, 3.05) is 18.9 Å². The number of imidazole rings is 1. The van der Waals surface area contributed by atoms with E-state index in [4.69, 9.17) is 48.3 Å². The highest BCUT2D eigenvalue weighted by molar-refractivity contribution is 8.07. The predicted molar refractivity (Wildman–Crippen MR) is 137 cm³/mol. The number of nitrogens with zero attached hydrogens (tertiary/aromatic N) is 4. The number of hydrogen-bond donors (Lipinski definition) is 7. The van der Waals surface area contributed by atoms with Gasteiger partial charge in [0.25, 0.3) is 5.56 Å². The molecule has 218 valence electrons. The average molecular weight is 624 g/mol. The first-order chi connectivity index (χ1) is 18.8. The van der Waals surface area contributed by atoms with Crippen molar-refractivity contribution in [3.63, 3.8) is 0 Å². The summed E-state index contributed by atoms with van der Waals surface area (Å²) in [5, 5.41) is 31.4. The summed E-state index contributed by atoms with van der Waals surface area (Å²) in [7, 11) is 0. The van der Waals surface area contributed by atoms with E-state index in [2.05, 4.69) is 15.0 Å². The lowest BCUT2D eigenvalue weighted by molar-refractivity contribution is -0.0576. The van der Waals surface area contributed by atoms with Crippen molar-refractivity contribution in [2.45, 2.75) is 49.4 Å². The maximum Gasteiger partial charge on any atom is 0.330 e. The molecule has 1 unspecified atom stereocenters. The molecule has 0 radical (unpaired) electrons. The molecule has 3 aromatic heterocycles. The number of nitrogens with one attached hydrogen (secondary N) is 2. The summed E-state index contributed by atoms with van der Waals surface area (Å²) < 4.78 is 37.7. The molecule has 5 rings (SSSR count). The van der Waals surface area contributed by atoms with Gasteiger partial charge < -0.3 is 49.5 Å². The monoisotopic (exact) mass is 623 g/mol. The summed E-state index contributed by atoms with van der Waals surface area (Å²) in [4.78, 5) is 46.3. The Morgan fingerprint density at radius 1 is 1.15 bits per heavy atom. The lowest BCUT2D eigenvalue weighted by Crippen LogP contribution is -2.36. The quantitative estimate of drug-likeness (QED) is 0.109. The van der Waals surface area contributed by atoms with Gasteiger partial charge in [0.1, 0.15) is 34.6 Å². The molecule has 0 aliphatic carbocycles. The third-order valence-corrected chi connectivity index (χ3v) is 8.13. The Morgan fingerprint density at radius 3 is 2.62 bits per heavy atom. The fourth-order valence-electron chi connectivity index (χ4n) is 4.35. The Hall–Kier alpha value is -2.49. The van der Waals surface area contributed by atoms with Gasteiger partial charge in [-0.25, -0.2) is 9.78 Å². The van der Waals surface area contributed by atoms with Gasteiger partial charge in [-0.3, -0.25) is 18.9 Å². The molecule has 2 aliphatic heterocycles. The highest BCUT2D eigenvalue weighted by Gasteiger charge is 2.45. The van der Waals surface area contributed by atoms with Crippen LogP contribution in [-0.2, 0) is 30.3 Å². The molecule has 8 N–H and O–H groups in total. The van der Waals surface area contributed by atoms with Crippen LogP contribution >= 0.6 is 18.9 Å². The van der Waals surface area contributed by atoms with Gasteiger partial charge in [-0.1, -0.05) is 12.2 Å². The molecule has 2 fully saturated rings. The first kappa shape index (κ1) is 29.0. The van der Waals surface area contributed by atoms with E-state index in [0.29, 0.717) is 16.3 Å².